The van der Waals surface area contributed by atoms with Gasteiger partial charge in [0.25, 0.3) is 0 Å². The van der Waals surface area contributed by atoms with Crippen LogP contribution in [0.3, 0.4) is 0 Å². The van der Waals surface area contributed by atoms with Crippen LogP contribution < -0.4 is 0 Å². The summed E-state index contributed by atoms with van der Waals surface area (Å²) in [6, 6.07) is 0. The summed E-state index contributed by atoms with van der Waals surface area (Å²) >= 11 is 3.43. The third kappa shape index (κ3) is 6.18. The summed E-state index contributed by atoms with van der Waals surface area (Å²) in [6.45, 7) is 12.3. The van der Waals surface area contributed by atoms with Gasteiger partial charge in [-0.2, -0.15) is 0 Å². The van der Waals surface area contributed by atoms with Gasteiger partial charge in [0.05, 0.1) is 4.83 Å². The molecule has 0 radical (unpaired) electrons. The Morgan fingerprint density at radius 3 is 1.80 bits per heavy atom. The maximum absolute atomic E-state index is 12.0. The van der Waals surface area contributed by atoms with E-state index in [-0.39, 0.29) is 10.7 Å². The highest BCUT2D eigenvalue weighted by Crippen LogP contribution is 2.12. The molecule has 0 fully saturated rings. The number of hydrogen-bond donors (Lipinski definition) is 0. The van der Waals surface area contributed by atoms with Crippen LogP contribution in [-0.2, 0) is 4.79 Å². The van der Waals surface area contributed by atoms with Crippen LogP contribution in [0, 0.1) is 11.8 Å². The second-order valence-electron chi connectivity index (χ2n) is 4.91. The van der Waals surface area contributed by atoms with Gasteiger partial charge in [0.15, 0.2) is 0 Å². The molecular formula is C12H24BrNO. The quantitative estimate of drug-likeness (QED) is 0.683. The topological polar surface area (TPSA) is 20.3 Å². The van der Waals surface area contributed by atoms with Crippen LogP contribution >= 0.6 is 15.9 Å². The van der Waals surface area contributed by atoms with Gasteiger partial charge in [0, 0.05) is 13.1 Å². The largest absolute Gasteiger partial charge is 0.341 e. The minimum atomic E-state index is -0.0185. The average molecular weight is 278 g/mol. The van der Waals surface area contributed by atoms with Crippen LogP contribution in [0.2, 0.25) is 0 Å². The summed E-state index contributed by atoms with van der Waals surface area (Å²) in [4.78, 5) is 14.0. The molecule has 90 valence electrons. The summed E-state index contributed by atoms with van der Waals surface area (Å²) in [5.74, 6) is 1.30. The number of carbonyl (C=O) groups is 1. The van der Waals surface area contributed by atoms with Gasteiger partial charge in [-0.3, -0.25) is 4.79 Å². The molecule has 0 saturated heterocycles. The first-order valence-corrected chi connectivity index (χ1v) is 6.72. The third-order valence-corrected chi connectivity index (χ3v) is 3.15. The molecule has 2 nitrogen and oxygen atoms in total. The van der Waals surface area contributed by atoms with Gasteiger partial charge in [-0.1, -0.05) is 50.5 Å². The Bertz CT molecular complexity index is 182. The highest BCUT2D eigenvalue weighted by Gasteiger charge is 2.21. The molecule has 0 N–H and O–H groups in total. The van der Waals surface area contributed by atoms with Crippen molar-refractivity contribution in [3.05, 3.63) is 0 Å². The van der Waals surface area contributed by atoms with Crippen LogP contribution in [0.15, 0.2) is 0 Å². The van der Waals surface area contributed by atoms with Crippen LogP contribution in [0.25, 0.3) is 0 Å². The van der Waals surface area contributed by atoms with Crippen molar-refractivity contribution in [3.8, 4) is 0 Å². The minimum Gasteiger partial charge on any atom is -0.341 e. The Morgan fingerprint density at radius 2 is 1.53 bits per heavy atom. The maximum atomic E-state index is 12.0. The molecule has 0 aliphatic heterocycles. The van der Waals surface area contributed by atoms with Gasteiger partial charge in [0.1, 0.15) is 0 Å². The molecule has 0 aliphatic rings. The summed E-state index contributed by atoms with van der Waals surface area (Å²) < 4.78 is 0. The van der Waals surface area contributed by atoms with E-state index < -0.39 is 0 Å². The van der Waals surface area contributed by atoms with Crippen molar-refractivity contribution in [2.75, 3.05) is 13.1 Å². The van der Waals surface area contributed by atoms with Crippen molar-refractivity contribution in [2.24, 2.45) is 11.8 Å². The van der Waals surface area contributed by atoms with E-state index in [9.17, 15) is 4.79 Å². The SMILES string of the molecule is CCC(Br)C(=O)N(CC(C)C)CC(C)C. The molecule has 0 aromatic rings. The number of halogens is 1. The van der Waals surface area contributed by atoms with Crippen LogP contribution in [0.5, 0.6) is 0 Å². The maximum Gasteiger partial charge on any atom is 0.236 e. The van der Waals surface area contributed by atoms with Crippen LogP contribution in [0.4, 0.5) is 0 Å². The minimum absolute atomic E-state index is 0.0185. The fraction of sp³-hybridized carbons (Fsp3) is 0.917. The summed E-state index contributed by atoms with van der Waals surface area (Å²) in [6.07, 6.45) is 0.853. The predicted octanol–water partition coefficient (Wildman–Crippen LogP) is 3.30. The van der Waals surface area contributed by atoms with E-state index in [2.05, 4.69) is 43.6 Å². The first-order valence-electron chi connectivity index (χ1n) is 5.81. The van der Waals surface area contributed by atoms with E-state index in [4.69, 9.17) is 0 Å². The average Bonchev–Trinajstić information content (AvgIpc) is 2.13. The Labute approximate surface area is 103 Å². The number of hydrogen-bond acceptors (Lipinski definition) is 1. The summed E-state index contributed by atoms with van der Waals surface area (Å²) in [5.41, 5.74) is 0. The summed E-state index contributed by atoms with van der Waals surface area (Å²) in [5, 5.41) is 0. The molecule has 0 saturated carbocycles. The first kappa shape index (κ1) is 14.9. The van der Waals surface area contributed by atoms with E-state index in [1.807, 2.05) is 11.8 Å². The number of carbonyl (C=O) groups excluding carboxylic acids is 1. The molecule has 0 rings (SSSR count). The molecule has 1 atom stereocenters. The normalized spacial score (nSPS) is 13.3. The van der Waals surface area contributed by atoms with E-state index in [0.717, 1.165) is 19.5 Å². The molecule has 0 aromatic heterocycles. The van der Waals surface area contributed by atoms with Crippen LogP contribution in [-0.4, -0.2) is 28.7 Å². The Kier molecular flexibility index (Phi) is 7.24. The monoisotopic (exact) mass is 277 g/mol. The van der Waals surface area contributed by atoms with Gasteiger partial charge in [-0.05, 0) is 18.3 Å². The highest BCUT2D eigenvalue weighted by atomic mass is 79.9. The first-order chi connectivity index (χ1) is 6.88. The molecule has 0 bridgehead atoms. The fourth-order valence-corrected chi connectivity index (χ4v) is 1.80. The molecule has 0 heterocycles. The number of amides is 1. The number of alkyl halides is 1. The zero-order valence-electron chi connectivity index (χ0n) is 10.6. The van der Waals surface area contributed by atoms with Gasteiger partial charge in [-0.25, -0.2) is 0 Å². The van der Waals surface area contributed by atoms with Gasteiger partial charge in [-0.15, -0.1) is 0 Å². The second-order valence-corrected chi connectivity index (χ2v) is 6.01. The van der Waals surface area contributed by atoms with Gasteiger partial charge >= 0.3 is 0 Å². The molecule has 0 aromatic carbocycles. The molecule has 1 amide bonds. The van der Waals surface area contributed by atoms with Crippen molar-refractivity contribution in [1.29, 1.82) is 0 Å². The van der Waals surface area contributed by atoms with Crippen molar-refractivity contribution >= 4 is 21.8 Å². The Hall–Kier alpha value is -0.0500. The molecular weight excluding hydrogens is 254 g/mol. The third-order valence-electron chi connectivity index (χ3n) is 2.11. The van der Waals surface area contributed by atoms with E-state index in [0.29, 0.717) is 11.8 Å². The lowest BCUT2D eigenvalue weighted by molar-refractivity contribution is -0.131. The van der Waals surface area contributed by atoms with Crippen molar-refractivity contribution < 1.29 is 4.79 Å². The lowest BCUT2D eigenvalue weighted by atomic mass is 10.1. The zero-order chi connectivity index (χ0) is 12.0. The zero-order valence-corrected chi connectivity index (χ0v) is 12.2. The second kappa shape index (κ2) is 7.26. The van der Waals surface area contributed by atoms with Gasteiger partial charge < -0.3 is 4.90 Å². The Morgan fingerprint density at radius 1 is 1.13 bits per heavy atom. The van der Waals surface area contributed by atoms with Crippen molar-refractivity contribution in [3.63, 3.8) is 0 Å². The lowest BCUT2D eigenvalue weighted by Crippen LogP contribution is -2.41. The van der Waals surface area contributed by atoms with Crippen LogP contribution in [0.1, 0.15) is 41.0 Å². The predicted molar refractivity (Wildman–Crippen MR) is 69.3 cm³/mol. The molecule has 0 aliphatic carbocycles. The highest BCUT2D eigenvalue weighted by molar-refractivity contribution is 9.10. The van der Waals surface area contributed by atoms with E-state index >= 15 is 0 Å². The molecule has 15 heavy (non-hydrogen) atoms. The number of rotatable bonds is 6. The van der Waals surface area contributed by atoms with Gasteiger partial charge in [0.2, 0.25) is 5.91 Å². The van der Waals surface area contributed by atoms with E-state index in [1.54, 1.807) is 0 Å². The lowest BCUT2D eigenvalue weighted by Gasteiger charge is -2.28. The molecule has 3 heteroatoms. The fourth-order valence-electron chi connectivity index (χ4n) is 1.51. The standard InChI is InChI=1S/C12H24BrNO/c1-6-11(13)12(15)14(7-9(2)3)8-10(4)5/h9-11H,6-8H2,1-5H3. The molecule has 1 unspecified atom stereocenters. The van der Waals surface area contributed by atoms with E-state index in [1.165, 1.54) is 0 Å². The van der Waals surface area contributed by atoms with Crippen molar-refractivity contribution in [1.82, 2.24) is 4.90 Å². The molecule has 0 spiro atoms. The number of nitrogens with zero attached hydrogens (tertiary/aromatic N) is 1. The van der Waals surface area contributed by atoms with Crippen molar-refractivity contribution in [2.45, 2.75) is 45.9 Å². The smallest absolute Gasteiger partial charge is 0.236 e. The summed E-state index contributed by atoms with van der Waals surface area (Å²) in [7, 11) is 0. The Balaban J connectivity index is 4.40.